The van der Waals surface area contributed by atoms with Gasteiger partial charge in [0.2, 0.25) is 5.82 Å². The molecule has 0 unspecified atom stereocenters. The van der Waals surface area contributed by atoms with E-state index in [0.29, 0.717) is 6.54 Å². The molecular formula is C9H15F2N3O. The summed E-state index contributed by atoms with van der Waals surface area (Å²) in [5.41, 5.74) is -0.471. The molecule has 1 aromatic heterocycles. The highest BCUT2D eigenvalue weighted by Gasteiger charge is 2.17. The molecule has 15 heavy (non-hydrogen) atoms. The van der Waals surface area contributed by atoms with Gasteiger partial charge in [-0.1, -0.05) is 19.8 Å². The average Bonchev–Trinajstić information content (AvgIpc) is 2.46. The van der Waals surface area contributed by atoms with Gasteiger partial charge >= 0.3 is 5.69 Å². The van der Waals surface area contributed by atoms with Crippen molar-refractivity contribution in [1.29, 1.82) is 0 Å². The van der Waals surface area contributed by atoms with Crippen molar-refractivity contribution in [3.05, 3.63) is 16.3 Å². The Kier molecular flexibility index (Phi) is 3.99. The Morgan fingerprint density at radius 3 is 2.53 bits per heavy atom. The van der Waals surface area contributed by atoms with Crippen LogP contribution in [0.25, 0.3) is 0 Å². The molecule has 1 heterocycles. The molecule has 0 saturated carbocycles. The summed E-state index contributed by atoms with van der Waals surface area (Å²) in [5.74, 6) is -0.462. The summed E-state index contributed by atoms with van der Waals surface area (Å²) in [6, 6.07) is 0. The Balaban J connectivity index is 2.81. The minimum Gasteiger partial charge on any atom is -0.277 e. The molecule has 1 rings (SSSR count). The number of hydrogen-bond donors (Lipinski definition) is 0. The number of hydrogen-bond acceptors (Lipinski definition) is 2. The lowest BCUT2D eigenvalue weighted by molar-refractivity contribution is 0.135. The van der Waals surface area contributed by atoms with Crippen molar-refractivity contribution in [3.8, 4) is 0 Å². The number of aryl methyl sites for hydroxylation is 1. The molecule has 0 aliphatic heterocycles. The van der Waals surface area contributed by atoms with Gasteiger partial charge in [0, 0.05) is 13.6 Å². The van der Waals surface area contributed by atoms with Crippen LogP contribution in [0.3, 0.4) is 0 Å². The topological polar surface area (TPSA) is 39.8 Å². The number of rotatable bonds is 5. The summed E-state index contributed by atoms with van der Waals surface area (Å²) in [6.07, 6.45) is 0.0713. The van der Waals surface area contributed by atoms with Crippen LogP contribution >= 0.6 is 0 Å². The van der Waals surface area contributed by atoms with E-state index in [1.807, 2.05) is 6.92 Å². The van der Waals surface area contributed by atoms with E-state index < -0.39 is 17.9 Å². The van der Waals surface area contributed by atoms with Gasteiger partial charge in [0.1, 0.15) is 0 Å². The molecule has 0 aliphatic carbocycles. The summed E-state index contributed by atoms with van der Waals surface area (Å²) < 4.78 is 26.8. The number of halogens is 2. The van der Waals surface area contributed by atoms with Crippen molar-refractivity contribution in [2.24, 2.45) is 7.05 Å². The smallest absolute Gasteiger partial charge is 0.277 e. The summed E-state index contributed by atoms with van der Waals surface area (Å²) in [6.45, 7) is 2.44. The zero-order valence-electron chi connectivity index (χ0n) is 8.91. The first-order valence-corrected chi connectivity index (χ1v) is 4.99. The van der Waals surface area contributed by atoms with Gasteiger partial charge in [-0.25, -0.2) is 18.3 Å². The maximum Gasteiger partial charge on any atom is 0.345 e. The fourth-order valence-electron chi connectivity index (χ4n) is 1.35. The van der Waals surface area contributed by atoms with Crippen molar-refractivity contribution in [2.75, 3.05) is 0 Å². The van der Waals surface area contributed by atoms with Gasteiger partial charge in [-0.3, -0.25) is 4.57 Å². The molecule has 0 atom stereocenters. The van der Waals surface area contributed by atoms with Gasteiger partial charge in [-0.15, -0.1) is 5.10 Å². The van der Waals surface area contributed by atoms with Crippen molar-refractivity contribution in [3.63, 3.8) is 0 Å². The fourth-order valence-corrected chi connectivity index (χ4v) is 1.35. The van der Waals surface area contributed by atoms with Crippen LogP contribution in [0.2, 0.25) is 0 Å². The predicted molar refractivity (Wildman–Crippen MR) is 52.0 cm³/mol. The number of nitrogens with zero attached hydrogens (tertiary/aromatic N) is 3. The monoisotopic (exact) mass is 219 g/mol. The van der Waals surface area contributed by atoms with Crippen LogP contribution in [-0.4, -0.2) is 14.3 Å². The molecule has 0 aromatic carbocycles. The minimum atomic E-state index is -2.70. The first-order valence-electron chi connectivity index (χ1n) is 4.99. The van der Waals surface area contributed by atoms with Crippen LogP contribution in [0, 0.1) is 0 Å². The van der Waals surface area contributed by atoms with Crippen LogP contribution in [0.5, 0.6) is 0 Å². The molecule has 0 spiro atoms. The SMILES string of the molecule is CCCCCn1nc(C(F)F)n(C)c1=O. The van der Waals surface area contributed by atoms with Crippen LogP contribution < -0.4 is 5.69 Å². The lowest BCUT2D eigenvalue weighted by Crippen LogP contribution is -2.23. The number of aromatic nitrogens is 3. The van der Waals surface area contributed by atoms with Crippen molar-refractivity contribution in [2.45, 2.75) is 39.2 Å². The lowest BCUT2D eigenvalue weighted by atomic mass is 10.2. The Morgan fingerprint density at radius 1 is 1.40 bits per heavy atom. The maximum absolute atomic E-state index is 12.4. The molecule has 6 heteroatoms. The third-order valence-electron chi connectivity index (χ3n) is 2.24. The van der Waals surface area contributed by atoms with Crippen LogP contribution in [-0.2, 0) is 13.6 Å². The predicted octanol–water partition coefficient (Wildman–Crippen LogP) is 1.71. The zero-order chi connectivity index (χ0) is 11.4. The molecule has 0 saturated heterocycles. The van der Waals surface area contributed by atoms with E-state index in [-0.39, 0.29) is 0 Å². The highest BCUT2D eigenvalue weighted by molar-refractivity contribution is 4.87. The van der Waals surface area contributed by atoms with E-state index in [4.69, 9.17) is 0 Å². The third kappa shape index (κ3) is 2.64. The van der Waals surface area contributed by atoms with Gasteiger partial charge < -0.3 is 0 Å². The molecular weight excluding hydrogens is 204 g/mol. The standard InChI is InChI=1S/C9H15F2N3O/c1-3-4-5-6-14-9(15)13(2)8(12-14)7(10)11/h7H,3-6H2,1-2H3. The van der Waals surface area contributed by atoms with Gasteiger partial charge in [0.05, 0.1) is 0 Å². The van der Waals surface area contributed by atoms with Crippen LogP contribution in [0.4, 0.5) is 8.78 Å². The highest BCUT2D eigenvalue weighted by atomic mass is 19.3. The molecule has 0 radical (unpaired) electrons. The largest absolute Gasteiger partial charge is 0.345 e. The Bertz CT molecular complexity index is 370. The van der Waals surface area contributed by atoms with Gasteiger partial charge in [0.25, 0.3) is 6.43 Å². The maximum atomic E-state index is 12.4. The van der Waals surface area contributed by atoms with E-state index in [1.165, 1.54) is 7.05 Å². The fraction of sp³-hybridized carbons (Fsp3) is 0.778. The summed E-state index contributed by atoms with van der Waals surface area (Å²) in [5, 5.41) is 3.60. The van der Waals surface area contributed by atoms with E-state index in [0.717, 1.165) is 28.5 Å². The first-order chi connectivity index (χ1) is 7.07. The Morgan fingerprint density at radius 2 is 2.07 bits per heavy atom. The molecule has 0 bridgehead atoms. The number of alkyl halides is 2. The van der Waals surface area contributed by atoms with Gasteiger partial charge in [-0.2, -0.15) is 0 Å². The van der Waals surface area contributed by atoms with E-state index in [2.05, 4.69) is 5.10 Å². The second-order valence-electron chi connectivity index (χ2n) is 3.43. The second kappa shape index (κ2) is 5.04. The van der Waals surface area contributed by atoms with Gasteiger partial charge in [0.15, 0.2) is 0 Å². The van der Waals surface area contributed by atoms with Gasteiger partial charge in [-0.05, 0) is 6.42 Å². The Hall–Kier alpha value is -1.20. The molecule has 0 N–H and O–H groups in total. The summed E-state index contributed by atoms with van der Waals surface area (Å²) in [7, 11) is 1.31. The van der Waals surface area contributed by atoms with Crippen LogP contribution in [0.15, 0.2) is 4.79 Å². The molecule has 86 valence electrons. The summed E-state index contributed by atoms with van der Waals surface area (Å²) in [4.78, 5) is 11.4. The average molecular weight is 219 g/mol. The molecule has 1 aromatic rings. The minimum absolute atomic E-state index is 0.410. The lowest BCUT2D eigenvalue weighted by Gasteiger charge is -1.97. The zero-order valence-corrected chi connectivity index (χ0v) is 8.91. The molecule has 0 aliphatic rings. The van der Waals surface area contributed by atoms with Crippen molar-refractivity contribution >= 4 is 0 Å². The van der Waals surface area contributed by atoms with E-state index in [1.54, 1.807) is 0 Å². The normalized spacial score (nSPS) is 11.3. The quantitative estimate of drug-likeness (QED) is 0.707. The highest BCUT2D eigenvalue weighted by Crippen LogP contribution is 2.13. The third-order valence-corrected chi connectivity index (χ3v) is 2.24. The second-order valence-corrected chi connectivity index (χ2v) is 3.43. The van der Waals surface area contributed by atoms with Crippen LogP contribution in [0.1, 0.15) is 38.4 Å². The molecule has 0 amide bonds. The van der Waals surface area contributed by atoms with Crippen molar-refractivity contribution in [1.82, 2.24) is 14.3 Å². The molecule has 4 nitrogen and oxygen atoms in total. The van der Waals surface area contributed by atoms with Crippen molar-refractivity contribution < 1.29 is 8.78 Å². The first kappa shape index (κ1) is 11.9. The summed E-state index contributed by atoms with van der Waals surface area (Å²) >= 11 is 0. The van der Waals surface area contributed by atoms with E-state index in [9.17, 15) is 13.6 Å². The van der Waals surface area contributed by atoms with E-state index >= 15 is 0 Å². The molecule has 0 fully saturated rings. The number of unbranched alkanes of at least 4 members (excludes halogenated alkanes) is 2. The Labute approximate surface area is 86.5 Å².